The Morgan fingerprint density at radius 2 is 0.645 bits per heavy atom. The second kappa shape index (κ2) is 29.0. The topological polar surface area (TPSA) is 27.7 Å². The van der Waals surface area contributed by atoms with Crippen LogP contribution in [0.1, 0.15) is 136 Å². The molecular weight excluding hydrogens is 451 g/mol. The standard InChI is InChI=1S/C24H51P.H6O3Si3/c1-4-7-10-13-16-19-22-25(23-20-17-14-11-8-5-2)24-21-18-15-12-9-6-3;1-4-2-6-3-5-1/h4-24H2,1-3H3;4-6H2. The van der Waals surface area contributed by atoms with Crippen molar-refractivity contribution in [2.75, 3.05) is 18.5 Å². The zero-order valence-electron chi connectivity index (χ0n) is 21.6. The Balaban J connectivity index is 0.00000127. The average molecular weight is 509 g/mol. The number of rotatable bonds is 21. The Hall–Kier alpha value is 0.961. The molecule has 1 rings (SSSR count). The van der Waals surface area contributed by atoms with E-state index in [1.54, 1.807) is 18.5 Å². The third-order valence-electron chi connectivity index (χ3n) is 5.98. The van der Waals surface area contributed by atoms with Gasteiger partial charge >= 0.3 is 0 Å². The Bertz CT molecular complexity index is 275. The number of hydrogen-bond acceptors (Lipinski definition) is 3. The molecule has 1 aliphatic heterocycles. The van der Waals surface area contributed by atoms with Crippen molar-refractivity contribution in [1.82, 2.24) is 0 Å². The van der Waals surface area contributed by atoms with E-state index >= 15 is 0 Å². The highest BCUT2D eigenvalue weighted by molar-refractivity contribution is 7.57. The SMILES string of the molecule is CCCCCCCCP(CCCCCCCC)CCCCCCCC.O1[SiH2]O[SiH2]O[SiH2]1. The summed E-state index contributed by atoms with van der Waals surface area (Å²) in [6, 6.07) is 0. The van der Waals surface area contributed by atoms with Crippen LogP contribution in [0.15, 0.2) is 0 Å². The molecular formula is C24H57O3PSi3. The van der Waals surface area contributed by atoms with Crippen molar-refractivity contribution in [2.24, 2.45) is 0 Å². The highest BCUT2D eigenvalue weighted by Gasteiger charge is 2.08. The summed E-state index contributed by atoms with van der Waals surface area (Å²) in [6.07, 6.45) is 31.2. The van der Waals surface area contributed by atoms with Gasteiger partial charge < -0.3 is 12.3 Å². The molecule has 1 saturated heterocycles. The van der Waals surface area contributed by atoms with Crippen molar-refractivity contribution in [1.29, 1.82) is 0 Å². The van der Waals surface area contributed by atoms with Crippen molar-refractivity contribution in [3.05, 3.63) is 0 Å². The van der Waals surface area contributed by atoms with Gasteiger partial charge in [-0.05, 0) is 37.7 Å². The molecule has 3 nitrogen and oxygen atoms in total. The molecule has 0 unspecified atom stereocenters. The minimum Gasteiger partial charge on any atom is -0.425 e. The normalized spacial score (nSPS) is 16.3. The molecule has 31 heavy (non-hydrogen) atoms. The fraction of sp³-hybridized carbons (Fsp3) is 1.00. The molecule has 0 aromatic carbocycles. The van der Waals surface area contributed by atoms with E-state index < -0.39 is 30.0 Å². The zero-order valence-corrected chi connectivity index (χ0v) is 26.8. The fourth-order valence-corrected chi connectivity index (χ4v) is 12.1. The van der Waals surface area contributed by atoms with E-state index in [1.807, 2.05) is 0 Å². The molecule has 7 heteroatoms. The van der Waals surface area contributed by atoms with Gasteiger partial charge in [-0.25, -0.2) is 0 Å². The van der Waals surface area contributed by atoms with Gasteiger partial charge in [0.25, 0.3) is 30.0 Å². The number of hydrogen-bond donors (Lipinski definition) is 0. The molecule has 0 N–H and O–H groups in total. The Kier molecular flexibility index (Phi) is 29.9. The van der Waals surface area contributed by atoms with Gasteiger partial charge in [-0.3, -0.25) is 0 Å². The van der Waals surface area contributed by atoms with Crippen LogP contribution in [0.3, 0.4) is 0 Å². The largest absolute Gasteiger partial charge is 0.425 e. The fourth-order valence-electron chi connectivity index (χ4n) is 3.96. The summed E-state index contributed by atoms with van der Waals surface area (Å²) in [5, 5.41) is 0. The van der Waals surface area contributed by atoms with Gasteiger partial charge in [0.2, 0.25) is 0 Å². The third-order valence-corrected chi connectivity index (χ3v) is 12.8. The van der Waals surface area contributed by atoms with Crippen molar-refractivity contribution in [3.8, 4) is 0 Å². The minimum atomic E-state index is -0.493. The van der Waals surface area contributed by atoms with E-state index in [0.29, 0.717) is 7.92 Å². The first kappa shape index (κ1) is 32.0. The van der Waals surface area contributed by atoms with Crippen molar-refractivity contribution >= 4 is 37.9 Å². The highest BCUT2D eigenvalue weighted by Crippen LogP contribution is 2.39. The van der Waals surface area contributed by atoms with E-state index in [9.17, 15) is 0 Å². The lowest BCUT2D eigenvalue weighted by Gasteiger charge is -2.18. The maximum atomic E-state index is 4.94. The van der Waals surface area contributed by atoms with Gasteiger partial charge in [0.1, 0.15) is 0 Å². The zero-order chi connectivity index (χ0) is 22.7. The monoisotopic (exact) mass is 508 g/mol. The lowest BCUT2D eigenvalue weighted by atomic mass is 10.1. The van der Waals surface area contributed by atoms with Crippen LogP contribution >= 0.6 is 7.92 Å². The summed E-state index contributed by atoms with van der Waals surface area (Å²) in [6.45, 7) is 6.96. The molecule has 0 saturated carbocycles. The van der Waals surface area contributed by atoms with E-state index in [0.717, 1.165) is 0 Å². The smallest absolute Gasteiger partial charge is 0.286 e. The van der Waals surface area contributed by atoms with E-state index in [1.165, 1.54) is 116 Å². The second-order valence-electron chi connectivity index (χ2n) is 9.11. The average Bonchev–Trinajstić information content (AvgIpc) is 2.81. The van der Waals surface area contributed by atoms with Crippen LogP contribution < -0.4 is 0 Å². The van der Waals surface area contributed by atoms with Crippen LogP contribution in [0.5, 0.6) is 0 Å². The van der Waals surface area contributed by atoms with Gasteiger partial charge in [-0.2, -0.15) is 0 Å². The van der Waals surface area contributed by atoms with Crippen molar-refractivity contribution in [2.45, 2.75) is 136 Å². The summed E-state index contributed by atoms with van der Waals surface area (Å²) < 4.78 is 14.8. The van der Waals surface area contributed by atoms with Crippen LogP contribution in [-0.4, -0.2) is 48.5 Å². The molecule has 1 fully saturated rings. The van der Waals surface area contributed by atoms with Gasteiger partial charge in [0, 0.05) is 0 Å². The highest BCUT2D eigenvalue weighted by atomic mass is 31.1. The lowest BCUT2D eigenvalue weighted by Crippen LogP contribution is -2.23. The van der Waals surface area contributed by atoms with Crippen LogP contribution in [-0.2, 0) is 12.3 Å². The van der Waals surface area contributed by atoms with E-state index in [-0.39, 0.29) is 0 Å². The van der Waals surface area contributed by atoms with Crippen LogP contribution in [0.2, 0.25) is 0 Å². The molecule has 0 bridgehead atoms. The van der Waals surface area contributed by atoms with Gasteiger partial charge in [-0.1, -0.05) is 117 Å². The predicted molar refractivity (Wildman–Crippen MR) is 151 cm³/mol. The Morgan fingerprint density at radius 1 is 0.387 bits per heavy atom. The van der Waals surface area contributed by atoms with Gasteiger partial charge in [0.05, 0.1) is 0 Å². The molecule has 188 valence electrons. The van der Waals surface area contributed by atoms with Crippen molar-refractivity contribution < 1.29 is 12.3 Å². The summed E-state index contributed by atoms with van der Waals surface area (Å²) in [5.41, 5.74) is 0. The third kappa shape index (κ3) is 27.1. The summed E-state index contributed by atoms with van der Waals surface area (Å²) in [5.74, 6) is 0. The molecule has 0 aromatic heterocycles. The van der Waals surface area contributed by atoms with Crippen LogP contribution in [0.25, 0.3) is 0 Å². The lowest BCUT2D eigenvalue weighted by molar-refractivity contribution is 0.347. The van der Waals surface area contributed by atoms with Crippen LogP contribution in [0, 0.1) is 0 Å². The summed E-state index contributed by atoms with van der Waals surface area (Å²) >= 11 is 0. The molecule has 0 aliphatic carbocycles. The predicted octanol–water partition coefficient (Wildman–Crippen LogP) is 6.60. The Labute approximate surface area is 204 Å². The molecule has 0 spiro atoms. The quantitative estimate of drug-likeness (QED) is 0.0993. The maximum Gasteiger partial charge on any atom is 0.286 e. The molecule has 0 atom stereocenters. The Morgan fingerprint density at radius 3 is 0.903 bits per heavy atom. The first-order valence-corrected chi connectivity index (χ1v) is 19.2. The van der Waals surface area contributed by atoms with Crippen LogP contribution in [0.4, 0.5) is 0 Å². The van der Waals surface area contributed by atoms with Gasteiger partial charge in [0.15, 0.2) is 0 Å². The first-order chi connectivity index (χ1) is 15.3. The first-order valence-electron chi connectivity index (χ1n) is 13.8. The van der Waals surface area contributed by atoms with Crippen molar-refractivity contribution in [3.63, 3.8) is 0 Å². The van der Waals surface area contributed by atoms with E-state index in [4.69, 9.17) is 12.3 Å². The summed E-state index contributed by atoms with van der Waals surface area (Å²) in [7, 11) is -1.11. The molecule has 1 aliphatic rings. The molecule has 0 radical (unpaired) electrons. The molecule has 0 aromatic rings. The maximum absolute atomic E-state index is 4.94. The second-order valence-corrected chi connectivity index (χ2v) is 17.4. The van der Waals surface area contributed by atoms with E-state index in [2.05, 4.69) is 20.8 Å². The number of unbranched alkanes of at least 4 members (excludes halogenated alkanes) is 15. The molecule has 1 heterocycles. The van der Waals surface area contributed by atoms with Gasteiger partial charge in [-0.15, -0.1) is 7.92 Å². The molecule has 0 amide bonds. The minimum absolute atomic E-state index is 0.366. The summed E-state index contributed by atoms with van der Waals surface area (Å²) in [4.78, 5) is 0.